The Morgan fingerprint density at radius 3 is 3.13 bits per heavy atom. The summed E-state index contributed by atoms with van der Waals surface area (Å²) in [5.41, 5.74) is 1.22. The number of aromatic nitrogens is 3. The fourth-order valence-electron chi connectivity index (χ4n) is 2.85. The second kappa shape index (κ2) is 6.78. The summed E-state index contributed by atoms with van der Waals surface area (Å²) < 4.78 is 7.44. The van der Waals surface area contributed by atoms with Gasteiger partial charge < -0.3 is 19.2 Å². The molecule has 1 aliphatic rings. The van der Waals surface area contributed by atoms with E-state index in [2.05, 4.69) is 9.97 Å². The van der Waals surface area contributed by atoms with Crippen molar-refractivity contribution in [1.29, 1.82) is 0 Å². The van der Waals surface area contributed by atoms with Crippen LogP contribution < -0.4 is 5.56 Å². The Morgan fingerprint density at radius 1 is 1.52 bits per heavy atom. The molecule has 23 heavy (non-hydrogen) atoms. The van der Waals surface area contributed by atoms with Gasteiger partial charge in [-0.15, -0.1) is 0 Å². The van der Waals surface area contributed by atoms with Gasteiger partial charge in [-0.2, -0.15) is 0 Å². The third-order valence-electron chi connectivity index (χ3n) is 4.02. The Bertz CT molecular complexity index is 737. The molecule has 7 heteroatoms. The number of amides is 1. The monoisotopic (exact) mass is 316 g/mol. The van der Waals surface area contributed by atoms with Crippen LogP contribution in [0.25, 0.3) is 0 Å². The molecular weight excluding hydrogens is 296 g/mol. The van der Waals surface area contributed by atoms with Crippen molar-refractivity contribution in [3.05, 3.63) is 52.5 Å². The van der Waals surface area contributed by atoms with Crippen molar-refractivity contribution in [3.63, 3.8) is 0 Å². The first-order chi connectivity index (χ1) is 11.1. The van der Waals surface area contributed by atoms with Gasteiger partial charge >= 0.3 is 0 Å². The van der Waals surface area contributed by atoms with Crippen molar-refractivity contribution in [2.45, 2.75) is 6.42 Å². The summed E-state index contributed by atoms with van der Waals surface area (Å²) in [5.74, 6) is 0.128. The molecule has 3 heterocycles. The highest BCUT2D eigenvalue weighted by molar-refractivity contribution is 5.92. The number of H-pyrrole nitrogens is 1. The van der Waals surface area contributed by atoms with E-state index in [1.165, 1.54) is 12.4 Å². The number of carbonyl (C=O) groups excluding carboxylic acids is 1. The summed E-state index contributed by atoms with van der Waals surface area (Å²) >= 11 is 0. The minimum Gasteiger partial charge on any atom is -0.379 e. The summed E-state index contributed by atoms with van der Waals surface area (Å²) in [6.07, 6.45) is 3.88. The molecular formula is C16H20N4O3. The number of nitrogens with one attached hydrogen (secondary N) is 1. The Labute approximate surface area is 133 Å². The highest BCUT2D eigenvalue weighted by Gasteiger charge is 2.25. The Hall–Kier alpha value is -2.41. The molecule has 2 aromatic heterocycles. The largest absolute Gasteiger partial charge is 0.379 e. The van der Waals surface area contributed by atoms with Crippen LogP contribution in [0.5, 0.6) is 0 Å². The van der Waals surface area contributed by atoms with E-state index < -0.39 is 0 Å². The van der Waals surface area contributed by atoms with Crippen LogP contribution in [0.2, 0.25) is 0 Å². The number of ether oxygens (including phenoxy) is 1. The molecule has 0 radical (unpaired) electrons. The molecule has 1 N–H and O–H groups in total. The third-order valence-corrected chi connectivity index (χ3v) is 4.02. The van der Waals surface area contributed by atoms with Crippen molar-refractivity contribution >= 4 is 5.91 Å². The van der Waals surface area contributed by atoms with Gasteiger partial charge in [0.1, 0.15) is 5.69 Å². The van der Waals surface area contributed by atoms with Gasteiger partial charge in [0.05, 0.1) is 19.5 Å². The van der Waals surface area contributed by atoms with Gasteiger partial charge in [-0.05, 0) is 18.6 Å². The van der Waals surface area contributed by atoms with Gasteiger partial charge in [0.2, 0.25) is 0 Å². The lowest BCUT2D eigenvalue weighted by molar-refractivity contribution is 0.0728. The van der Waals surface area contributed by atoms with E-state index in [9.17, 15) is 9.59 Å². The predicted octanol–water partition coefficient (Wildman–Crippen LogP) is 0.440. The molecule has 0 bridgehead atoms. The maximum absolute atomic E-state index is 12.7. The van der Waals surface area contributed by atoms with Gasteiger partial charge in [-0.25, -0.2) is 4.98 Å². The number of rotatable bonds is 3. The average Bonchev–Trinajstić information content (AvgIpc) is 2.81. The second-order valence-electron chi connectivity index (χ2n) is 5.80. The van der Waals surface area contributed by atoms with Crippen LogP contribution in [0.1, 0.15) is 16.2 Å². The molecule has 1 amide bonds. The lowest BCUT2D eigenvalue weighted by Gasteiger charge is -2.23. The van der Waals surface area contributed by atoms with Crippen molar-refractivity contribution in [3.8, 4) is 0 Å². The number of hydrogen-bond acceptors (Lipinski definition) is 4. The molecule has 122 valence electrons. The minimum atomic E-state index is -0.165. The van der Waals surface area contributed by atoms with Gasteiger partial charge in [-0.3, -0.25) is 9.59 Å². The lowest BCUT2D eigenvalue weighted by atomic mass is 10.0. The fourth-order valence-corrected chi connectivity index (χ4v) is 2.85. The predicted molar refractivity (Wildman–Crippen MR) is 84.2 cm³/mol. The van der Waals surface area contributed by atoms with Crippen LogP contribution in [-0.4, -0.2) is 51.6 Å². The zero-order valence-corrected chi connectivity index (χ0v) is 13.1. The zero-order valence-electron chi connectivity index (χ0n) is 13.1. The summed E-state index contributed by atoms with van der Waals surface area (Å²) in [4.78, 5) is 32.5. The summed E-state index contributed by atoms with van der Waals surface area (Å²) in [6, 6.07) is 5.18. The summed E-state index contributed by atoms with van der Waals surface area (Å²) in [7, 11) is 1.86. The Balaban J connectivity index is 1.72. The summed E-state index contributed by atoms with van der Waals surface area (Å²) in [5, 5.41) is 0. The second-order valence-corrected chi connectivity index (χ2v) is 5.80. The lowest BCUT2D eigenvalue weighted by Crippen LogP contribution is -2.37. The molecule has 1 fully saturated rings. The van der Waals surface area contributed by atoms with Gasteiger partial charge in [-0.1, -0.05) is 0 Å². The van der Waals surface area contributed by atoms with Crippen LogP contribution in [0.3, 0.4) is 0 Å². The molecule has 1 aliphatic heterocycles. The molecule has 0 spiro atoms. The number of aryl methyl sites for hydroxylation is 1. The minimum absolute atomic E-state index is 0.00636. The molecule has 2 aromatic rings. The van der Waals surface area contributed by atoms with Gasteiger partial charge in [0.25, 0.3) is 11.5 Å². The number of carbonyl (C=O) groups is 1. The number of aromatic amines is 1. The van der Waals surface area contributed by atoms with Crippen LogP contribution in [0, 0.1) is 5.92 Å². The van der Waals surface area contributed by atoms with Gasteiger partial charge in [0, 0.05) is 44.0 Å². The number of nitrogens with zero attached hydrogens (tertiary/aromatic N) is 3. The van der Waals surface area contributed by atoms with E-state index in [-0.39, 0.29) is 17.4 Å². The maximum Gasteiger partial charge on any atom is 0.270 e. The summed E-state index contributed by atoms with van der Waals surface area (Å²) in [6.45, 7) is 2.25. The standard InChI is InChI=1S/C16H20N4O3/c1-19-4-2-3-14(19)16(22)20-5-6-23-10-12(9-20)7-13-8-15(21)18-11-17-13/h2-4,8,11-12H,5-7,9-10H2,1H3,(H,17,18,21). The van der Waals surface area contributed by atoms with Crippen LogP contribution in [0.4, 0.5) is 0 Å². The SMILES string of the molecule is Cn1cccc1C(=O)N1CCOCC(Cc2cc(=O)[nH]cn2)C1. The first-order valence-corrected chi connectivity index (χ1v) is 7.65. The highest BCUT2D eigenvalue weighted by atomic mass is 16.5. The molecule has 7 nitrogen and oxygen atoms in total. The first-order valence-electron chi connectivity index (χ1n) is 7.65. The average molecular weight is 316 g/mol. The molecule has 0 aliphatic carbocycles. The third kappa shape index (κ3) is 3.68. The maximum atomic E-state index is 12.7. The first kappa shape index (κ1) is 15.5. The van der Waals surface area contributed by atoms with Crippen LogP contribution in [-0.2, 0) is 18.2 Å². The molecule has 1 saturated heterocycles. The molecule has 0 aromatic carbocycles. The van der Waals surface area contributed by atoms with Crippen molar-refractivity contribution in [2.75, 3.05) is 26.3 Å². The van der Waals surface area contributed by atoms with Gasteiger partial charge in [0.15, 0.2) is 0 Å². The van der Waals surface area contributed by atoms with Crippen LogP contribution >= 0.6 is 0 Å². The van der Waals surface area contributed by atoms with E-state index in [1.54, 1.807) is 0 Å². The Kier molecular flexibility index (Phi) is 4.57. The van der Waals surface area contributed by atoms with Crippen molar-refractivity contribution < 1.29 is 9.53 Å². The number of hydrogen-bond donors (Lipinski definition) is 1. The van der Waals surface area contributed by atoms with E-state index in [0.29, 0.717) is 38.4 Å². The zero-order chi connectivity index (χ0) is 16.2. The molecule has 3 rings (SSSR count). The van der Waals surface area contributed by atoms with Crippen LogP contribution in [0.15, 0.2) is 35.5 Å². The van der Waals surface area contributed by atoms with Crippen molar-refractivity contribution in [2.24, 2.45) is 13.0 Å². The topological polar surface area (TPSA) is 80.2 Å². The Morgan fingerprint density at radius 2 is 2.39 bits per heavy atom. The van der Waals surface area contributed by atoms with E-state index in [4.69, 9.17) is 4.74 Å². The van der Waals surface area contributed by atoms with E-state index in [1.807, 2.05) is 34.8 Å². The smallest absolute Gasteiger partial charge is 0.270 e. The molecule has 1 atom stereocenters. The normalized spacial score (nSPS) is 18.7. The highest BCUT2D eigenvalue weighted by Crippen LogP contribution is 2.14. The van der Waals surface area contributed by atoms with E-state index in [0.717, 1.165) is 5.69 Å². The van der Waals surface area contributed by atoms with Crippen molar-refractivity contribution in [1.82, 2.24) is 19.4 Å². The fraction of sp³-hybridized carbons (Fsp3) is 0.438. The molecule has 0 saturated carbocycles. The quantitative estimate of drug-likeness (QED) is 0.891. The van der Waals surface area contributed by atoms with E-state index >= 15 is 0 Å². The molecule has 1 unspecified atom stereocenters.